The van der Waals surface area contributed by atoms with Crippen molar-refractivity contribution in [3.63, 3.8) is 0 Å². The second-order valence-corrected chi connectivity index (χ2v) is 9.45. The van der Waals surface area contributed by atoms with Crippen molar-refractivity contribution in [1.29, 1.82) is 10.5 Å². The van der Waals surface area contributed by atoms with Crippen LogP contribution in [0.15, 0.2) is 85.0 Å². The lowest BCUT2D eigenvalue weighted by atomic mass is 9.95. The number of nitrogens with zero attached hydrogens (tertiary/aromatic N) is 5. The van der Waals surface area contributed by atoms with Crippen LogP contribution in [0.1, 0.15) is 59.8 Å². The van der Waals surface area contributed by atoms with Gasteiger partial charge in [-0.2, -0.15) is 10.5 Å². The molecule has 0 saturated carbocycles. The number of rotatable bonds is 4. The Morgan fingerprint density at radius 2 is 1.85 bits per heavy atom. The Balaban J connectivity index is 1.71. The van der Waals surface area contributed by atoms with Gasteiger partial charge >= 0.3 is 0 Å². The van der Waals surface area contributed by atoms with Gasteiger partial charge in [-0.25, -0.2) is 4.98 Å². The van der Waals surface area contributed by atoms with Gasteiger partial charge in [-0.15, -0.1) is 0 Å². The molecule has 2 aromatic heterocycles. The Morgan fingerprint density at radius 3 is 2.62 bits per heavy atom. The third kappa shape index (κ3) is 4.79. The van der Waals surface area contributed by atoms with E-state index < -0.39 is 0 Å². The molecule has 1 atom stereocenters. The van der Waals surface area contributed by atoms with E-state index in [2.05, 4.69) is 58.6 Å². The summed E-state index contributed by atoms with van der Waals surface area (Å²) in [4.78, 5) is 7.33. The number of benzene rings is 1. The van der Waals surface area contributed by atoms with Crippen LogP contribution in [-0.4, -0.2) is 16.1 Å². The largest absolute Gasteiger partial charge is 0.322 e. The molecule has 5 rings (SSSR count). The summed E-state index contributed by atoms with van der Waals surface area (Å²) in [6.45, 7) is 8.69. The van der Waals surface area contributed by atoms with E-state index >= 15 is 0 Å². The molecule has 0 fully saturated rings. The second-order valence-electron chi connectivity index (χ2n) is 9.45. The van der Waals surface area contributed by atoms with E-state index in [0.29, 0.717) is 17.7 Å². The molecule has 1 aliphatic carbocycles. The summed E-state index contributed by atoms with van der Waals surface area (Å²) in [5, 5.41) is 19.2. The number of anilines is 2. The first kappa shape index (κ1) is 25.5. The summed E-state index contributed by atoms with van der Waals surface area (Å²) in [5.74, 6) is 1.51. The third-order valence-electron chi connectivity index (χ3n) is 6.99. The molecule has 2 aliphatic rings. The van der Waals surface area contributed by atoms with Crippen molar-refractivity contribution in [2.45, 2.75) is 26.2 Å². The minimum atomic E-state index is -0.0648. The summed E-state index contributed by atoms with van der Waals surface area (Å²) in [7, 11) is 0. The molecule has 0 spiro atoms. The maximum atomic E-state index is 9.65. The van der Waals surface area contributed by atoms with Crippen LogP contribution < -0.4 is 4.90 Å². The van der Waals surface area contributed by atoms with Gasteiger partial charge < -0.3 is 4.90 Å². The zero-order chi connectivity index (χ0) is 27.4. The molecule has 1 unspecified atom stereocenters. The van der Waals surface area contributed by atoms with Gasteiger partial charge in [0.2, 0.25) is 0 Å². The monoisotopic (exact) mass is 507 g/mol. The Morgan fingerprint density at radius 1 is 1.03 bits per heavy atom. The van der Waals surface area contributed by atoms with Crippen LogP contribution in [0.3, 0.4) is 0 Å². The standard InChI is InChI=1S/C34H29N5/c1-4-11-31-27(5-2)28-13-7-6-8-14-32(28)39(31)34-16-9-15-33(37-34)38-19-10-12-25(22-35)20-24(3)29-21-26(23-36)17-18-30(29)38/h4-5,7-18,20-21,24H,2,6,19H2,1,3H3/b11-4-,12-10-,25-20+. The van der Waals surface area contributed by atoms with Crippen molar-refractivity contribution >= 4 is 35.8 Å². The zero-order valence-electron chi connectivity index (χ0n) is 22.2. The SMILES string of the molecule is C=Cc1c2c(n(-c3cccc(N4C/C=C\C(C#N)=C/C(C)c5cc(C#N)ccc54)n3)c1/C=C\C)C=CCC=C2. The van der Waals surface area contributed by atoms with E-state index in [4.69, 9.17) is 4.98 Å². The van der Waals surface area contributed by atoms with E-state index in [0.717, 1.165) is 51.8 Å². The highest BCUT2D eigenvalue weighted by molar-refractivity contribution is 5.81. The van der Waals surface area contributed by atoms with Crippen LogP contribution in [-0.2, 0) is 0 Å². The molecule has 0 amide bonds. The summed E-state index contributed by atoms with van der Waals surface area (Å²) in [6, 6.07) is 16.3. The van der Waals surface area contributed by atoms with Gasteiger partial charge in [0.25, 0.3) is 0 Å². The Bertz CT molecular complexity index is 1670. The molecule has 190 valence electrons. The second kappa shape index (κ2) is 11.1. The lowest BCUT2D eigenvalue weighted by molar-refractivity contribution is 0.928. The Kier molecular flexibility index (Phi) is 7.26. The predicted octanol–water partition coefficient (Wildman–Crippen LogP) is 8.11. The quantitative estimate of drug-likeness (QED) is 0.358. The van der Waals surface area contributed by atoms with E-state index in [1.54, 1.807) is 0 Å². The molecule has 3 heterocycles. The van der Waals surface area contributed by atoms with Crippen LogP contribution in [0.25, 0.3) is 30.1 Å². The van der Waals surface area contributed by atoms with Gasteiger partial charge in [0.15, 0.2) is 0 Å². The van der Waals surface area contributed by atoms with Gasteiger partial charge in [-0.3, -0.25) is 4.57 Å². The van der Waals surface area contributed by atoms with Gasteiger partial charge in [0.05, 0.1) is 29.1 Å². The highest BCUT2D eigenvalue weighted by atomic mass is 15.2. The first-order valence-corrected chi connectivity index (χ1v) is 13.0. The number of allylic oxidation sites excluding steroid dienone is 6. The predicted molar refractivity (Wildman–Crippen MR) is 160 cm³/mol. The maximum Gasteiger partial charge on any atom is 0.140 e. The first-order valence-electron chi connectivity index (χ1n) is 13.0. The van der Waals surface area contributed by atoms with Crippen LogP contribution in [0, 0.1) is 22.7 Å². The molecule has 0 N–H and O–H groups in total. The van der Waals surface area contributed by atoms with Crippen LogP contribution >= 0.6 is 0 Å². The van der Waals surface area contributed by atoms with Crippen LogP contribution in [0.5, 0.6) is 0 Å². The molecule has 0 radical (unpaired) electrons. The van der Waals surface area contributed by atoms with Gasteiger partial charge in [0.1, 0.15) is 11.6 Å². The number of aromatic nitrogens is 2. The number of pyridine rings is 1. The lowest BCUT2D eigenvalue weighted by Crippen LogP contribution is -2.20. The molecule has 1 aromatic carbocycles. The fraction of sp³-hybridized carbons (Fsp3) is 0.147. The van der Waals surface area contributed by atoms with Crippen molar-refractivity contribution in [2.75, 3.05) is 11.4 Å². The molecule has 0 bridgehead atoms. The normalized spacial score (nSPS) is 18.4. The highest BCUT2D eigenvalue weighted by Crippen LogP contribution is 2.37. The van der Waals surface area contributed by atoms with Gasteiger partial charge in [-0.05, 0) is 67.5 Å². The molecular formula is C34H29N5. The first-order chi connectivity index (χ1) is 19.1. The Labute approximate surface area is 230 Å². The molecular weight excluding hydrogens is 478 g/mol. The summed E-state index contributed by atoms with van der Waals surface area (Å²) >= 11 is 0. The molecule has 39 heavy (non-hydrogen) atoms. The van der Waals surface area contributed by atoms with Gasteiger partial charge in [0, 0.05) is 34.9 Å². The lowest BCUT2D eigenvalue weighted by Gasteiger charge is -2.27. The highest BCUT2D eigenvalue weighted by Gasteiger charge is 2.22. The summed E-state index contributed by atoms with van der Waals surface area (Å²) in [5.41, 5.74) is 7.41. The minimum absolute atomic E-state index is 0.0648. The van der Waals surface area contributed by atoms with Gasteiger partial charge in [-0.1, -0.05) is 62.1 Å². The molecule has 5 heteroatoms. The fourth-order valence-corrected chi connectivity index (χ4v) is 5.22. The van der Waals surface area contributed by atoms with Crippen molar-refractivity contribution in [3.05, 3.63) is 119 Å². The Hall–Kier alpha value is -5.13. The average molecular weight is 508 g/mol. The third-order valence-corrected chi connectivity index (χ3v) is 6.99. The van der Waals surface area contributed by atoms with Crippen LogP contribution in [0.4, 0.5) is 11.5 Å². The fourth-order valence-electron chi connectivity index (χ4n) is 5.22. The van der Waals surface area contributed by atoms with Crippen LogP contribution in [0.2, 0.25) is 0 Å². The smallest absolute Gasteiger partial charge is 0.140 e. The maximum absolute atomic E-state index is 9.65. The zero-order valence-corrected chi connectivity index (χ0v) is 22.2. The molecule has 1 aliphatic heterocycles. The van der Waals surface area contributed by atoms with Crippen molar-refractivity contribution in [1.82, 2.24) is 9.55 Å². The number of fused-ring (bicyclic) bond motifs is 2. The molecule has 3 aromatic rings. The molecule has 0 saturated heterocycles. The number of hydrogen-bond donors (Lipinski definition) is 0. The molecule has 5 nitrogen and oxygen atoms in total. The number of hydrogen-bond acceptors (Lipinski definition) is 4. The van der Waals surface area contributed by atoms with E-state index in [1.165, 1.54) is 0 Å². The van der Waals surface area contributed by atoms with Crippen molar-refractivity contribution in [2.24, 2.45) is 0 Å². The topological polar surface area (TPSA) is 68.6 Å². The summed E-state index contributed by atoms with van der Waals surface area (Å²) in [6.07, 6.45) is 21.3. The number of nitriles is 2. The van der Waals surface area contributed by atoms with Crippen molar-refractivity contribution < 1.29 is 0 Å². The summed E-state index contributed by atoms with van der Waals surface area (Å²) < 4.78 is 2.19. The van der Waals surface area contributed by atoms with E-state index in [-0.39, 0.29) is 5.92 Å². The van der Waals surface area contributed by atoms with Crippen molar-refractivity contribution in [3.8, 4) is 18.0 Å². The minimum Gasteiger partial charge on any atom is -0.322 e. The average Bonchev–Trinajstić information content (AvgIpc) is 3.09. The van der Waals surface area contributed by atoms with E-state index in [9.17, 15) is 10.5 Å². The van der Waals surface area contributed by atoms with E-state index in [1.807, 2.05) is 80.6 Å².